The minimum atomic E-state index is 0.323. The number of benzene rings is 1. The third-order valence-electron chi connectivity index (χ3n) is 3.87. The maximum atomic E-state index is 5.85. The highest BCUT2D eigenvalue weighted by molar-refractivity contribution is 5.35. The van der Waals surface area contributed by atoms with Crippen molar-refractivity contribution in [1.29, 1.82) is 0 Å². The molecule has 1 saturated heterocycles. The quantitative estimate of drug-likeness (QED) is 0.887. The molecule has 2 heterocycles. The molecule has 3 heteroatoms. The highest BCUT2D eigenvalue weighted by Gasteiger charge is 2.27. The predicted octanol–water partition coefficient (Wildman–Crippen LogP) is 2.55. The summed E-state index contributed by atoms with van der Waals surface area (Å²) in [6.45, 7) is 5.55. The van der Waals surface area contributed by atoms with E-state index >= 15 is 0 Å². The van der Waals surface area contributed by atoms with Crippen molar-refractivity contribution in [1.82, 2.24) is 5.32 Å². The average Bonchev–Trinajstić information content (AvgIpc) is 3.05. The van der Waals surface area contributed by atoms with Gasteiger partial charge < -0.3 is 14.8 Å². The van der Waals surface area contributed by atoms with E-state index in [0.29, 0.717) is 12.1 Å². The second-order valence-electron chi connectivity index (χ2n) is 5.11. The van der Waals surface area contributed by atoms with Crippen LogP contribution >= 0.6 is 0 Å². The number of hydrogen-bond acceptors (Lipinski definition) is 3. The van der Waals surface area contributed by atoms with Gasteiger partial charge >= 0.3 is 0 Å². The molecule has 1 N–H and O–H groups in total. The fraction of sp³-hybridized carbons (Fsp3) is 0.600. The Morgan fingerprint density at radius 2 is 2.22 bits per heavy atom. The van der Waals surface area contributed by atoms with Crippen LogP contribution in [-0.2, 0) is 22.7 Å². The van der Waals surface area contributed by atoms with Gasteiger partial charge in [-0.2, -0.15) is 0 Å². The Balaban J connectivity index is 1.84. The lowest BCUT2D eigenvalue weighted by Gasteiger charge is -2.24. The van der Waals surface area contributed by atoms with Gasteiger partial charge in [-0.1, -0.05) is 25.1 Å². The summed E-state index contributed by atoms with van der Waals surface area (Å²) in [5.41, 5.74) is 4.02. The minimum Gasteiger partial charge on any atom is -0.376 e. The van der Waals surface area contributed by atoms with Crippen LogP contribution in [0.25, 0.3) is 0 Å². The van der Waals surface area contributed by atoms with Crippen molar-refractivity contribution in [3.8, 4) is 0 Å². The molecule has 0 aliphatic carbocycles. The molecule has 0 saturated carbocycles. The molecule has 2 unspecified atom stereocenters. The summed E-state index contributed by atoms with van der Waals surface area (Å²) >= 11 is 0. The van der Waals surface area contributed by atoms with Crippen LogP contribution < -0.4 is 5.32 Å². The van der Waals surface area contributed by atoms with Crippen molar-refractivity contribution in [2.45, 2.75) is 45.1 Å². The lowest BCUT2D eigenvalue weighted by Crippen LogP contribution is -2.31. The van der Waals surface area contributed by atoms with Crippen LogP contribution in [0.15, 0.2) is 18.2 Å². The molecule has 1 aromatic rings. The van der Waals surface area contributed by atoms with E-state index in [4.69, 9.17) is 9.47 Å². The number of fused-ring (bicyclic) bond motifs is 1. The molecule has 18 heavy (non-hydrogen) atoms. The molecule has 0 radical (unpaired) electrons. The van der Waals surface area contributed by atoms with Crippen LogP contribution in [0.5, 0.6) is 0 Å². The highest BCUT2D eigenvalue weighted by atomic mass is 16.5. The normalized spacial score (nSPS) is 24.2. The van der Waals surface area contributed by atoms with Gasteiger partial charge in [0.2, 0.25) is 0 Å². The topological polar surface area (TPSA) is 30.5 Å². The van der Waals surface area contributed by atoms with Crippen molar-refractivity contribution < 1.29 is 9.47 Å². The van der Waals surface area contributed by atoms with Crippen molar-refractivity contribution in [2.75, 3.05) is 13.2 Å². The van der Waals surface area contributed by atoms with Crippen molar-refractivity contribution >= 4 is 0 Å². The Kier molecular flexibility index (Phi) is 3.64. The molecule has 0 spiro atoms. The summed E-state index contributed by atoms with van der Waals surface area (Å²) in [6, 6.07) is 7.04. The average molecular weight is 247 g/mol. The zero-order valence-corrected chi connectivity index (χ0v) is 10.9. The molecule has 1 fully saturated rings. The zero-order chi connectivity index (χ0) is 12.4. The SMILES string of the molecule is CCNC(c1ccc2c(c1)COC2)C1CCCO1. The van der Waals surface area contributed by atoms with E-state index in [-0.39, 0.29) is 0 Å². The lowest BCUT2D eigenvalue weighted by molar-refractivity contribution is 0.0787. The standard InChI is InChI=1S/C15H21NO2/c1-2-16-15(14-4-3-7-18-14)11-5-6-12-9-17-10-13(12)8-11/h5-6,8,14-16H,2-4,7,9-10H2,1H3. The van der Waals surface area contributed by atoms with E-state index in [2.05, 4.69) is 30.4 Å². The first-order valence-corrected chi connectivity index (χ1v) is 6.93. The van der Waals surface area contributed by atoms with E-state index < -0.39 is 0 Å². The molecule has 98 valence electrons. The molecular formula is C15H21NO2. The van der Waals surface area contributed by atoms with Gasteiger partial charge in [-0.3, -0.25) is 0 Å². The van der Waals surface area contributed by atoms with E-state index in [0.717, 1.165) is 32.8 Å². The van der Waals surface area contributed by atoms with Crippen LogP contribution in [0.4, 0.5) is 0 Å². The Bertz CT molecular complexity index is 413. The molecule has 2 aliphatic rings. The number of rotatable bonds is 4. The minimum absolute atomic E-state index is 0.323. The Hall–Kier alpha value is -0.900. The molecule has 1 aromatic carbocycles. The van der Waals surface area contributed by atoms with Gasteiger partial charge in [-0.15, -0.1) is 0 Å². The van der Waals surface area contributed by atoms with Crippen LogP contribution in [-0.4, -0.2) is 19.3 Å². The molecule has 3 nitrogen and oxygen atoms in total. The predicted molar refractivity (Wildman–Crippen MR) is 70.3 cm³/mol. The second-order valence-corrected chi connectivity index (χ2v) is 5.11. The maximum absolute atomic E-state index is 5.85. The smallest absolute Gasteiger partial charge is 0.0770 e. The summed E-state index contributed by atoms with van der Waals surface area (Å²) in [6.07, 6.45) is 2.66. The maximum Gasteiger partial charge on any atom is 0.0770 e. The molecule has 0 aromatic heterocycles. The first kappa shape index (κ1) is 12.2. The van der Waals surface area contributed by atoms with Gasteiger partial charge in [0.1, 0.15) is 0 Å². The molecule has 0 bridgehead atoms. The van der Waals surface area contributed by atoms with Crippen LogP contribution in [0.2, 0.25) is 0 Å². The van der Waals surface area contributed by atoms with Crippen molar-refractivity contribution in [3.05, 3.63) is 34.9 Å². The van der Waals surface area contributed by atoms with Gasteiger partial charge in [-0.05, 0) is 36.1 Å². The van der Waals surface area contributed by atoms with Gasteiger partial charge in [0.15, 0.2) is 0 Å². The number of hydrogen-bond donors (Lipinski definition) is 1. The molecule has 2 aliphatic heterocycles. The van der Waals surface area contributed by atoms with E-state index in [1.165, 1.54) is 23.1 Å². The third-order valence-corrected chi connectivity index (χ3v) is 3.87. The monoisotopic (exact) mass is 247 g/mol. The highest BCUT2D eigenvalue weighted by Crippen LogP contribution is 2.30. The van der Waals surface area contributed by atoms with Crippen LogP contribution in [0.3, 0.4) is 0 Å². The fourth-order valence-corrected chi connectivity index (χ4v) is 2.93. The third kappa shape index (κ3) is 2.30. The van der Waals surface area contributed by atoms with Crippen LogP contribution in [0.1, 0.15) is 42.5 Å². The zero-order valence-electron chi connectivity index (χ0n) is 10.9. The molecule has 2 atom stereocenters. The summed E-state index contributed by atoms with van der Waals surface area (Å²) in [5.74, 6) is 0. The van der Waals surface area contributed by atoms with Gasteiger partial charge in [-0.25, -0.2) is 0 Å². The molecule has 3 rings (SSSR count). The Labute approximate surface area is 108 Å². The Morgan fingerprint density at radius 3 is 3.00 bits per heavy atom. The summed E-state index contributed by atoms with van der Waals surface area (Å²) in [7, 11) is 0. The van der Waals surface area contributed by atoms with Gasteiger partial charge in [0.25, 0.3) is 0 Å². The van der Waals surface area contributed by atoms with Gasteiger partial charge in [0.05, 0.1) is 25.4 Å². The Morgan fingerprint density at radius 1 is 1.33 bits per heavy atom. The second kappa shape index (κ2) is 5.39. The first-order valence-electron chi connectivity index (χ1n) is 6.93. The summed E-state index contributed by atoms with van der Waals surface area (Å²) in [4.78, 5) is 0. The van der Waals surface area contributed by atoms with Crippen molar-refractivity contribution in [2.24, 2.45) is 0 Å². The van der Waals surface area contributed by atoms with Gasteiger partial charge in [0, 0.05) is 6.61 Å². The first-order chi connectivity index (χ1) is 8.88. The number of ether oxygens (including phenoxy) is 2. The van der Waals surface area contributed by atoms with Crippen molar-refractivity contribution in [3.63, 3.8) is 0 Å². The van der Waals surface area contributed by atoms with E-state index in [1.54, 1.807) is 0 Å². The molecular weight excluding hydrogens is 226 g/mol. The molecule has 0 amide bonds. The fourth-order valence-electron chi connectivity index (χ4n) is 2.93. The lowest BCUT2D eigenvalue weighted by atomic mass is 9.96. The van der Waals surface area contributed by atoms with E-state index in [9.17, 15) is 0 Å². The van der Waals surface area contributed by atoms with E-state index in [1.807, 2.05) is 0 Å². The largest absolute Gasteiger partial charge is 0.376 e. The number of likely N-dealkylation sites (N-methyl/N-ethyl adjacent to an activating group) is 1. The summed E-state index contributed by atoms with van der Waals surface area (Å²) in [5, 5.41) is 3.57. The number of nitrogens with one attached hydrogen (secondary N) is 1. The van der Waals surface area contributed by atoms with Crippen LogP contribution in [0, 0.1) is 0 Å². The summed E-state index contributed by atoms with van der Waals surface area (Å²) < 4.78 is 11.3.